The van der Waals surface area contributed by atoms with Gasteiger partial charge in [0.2, 0.25) is 5.91 Å². The molecule has 1 aliphatic carbocycles. The van der Waals surface area contributed by atoms with E-state index in [-0.39, 0.29) is 11.9 Å². The van der Waals surface area contributed by atoms with Gasteiger partial charge in [0.15, 0.2) is 0 Å². The Morgan fingerprint density at radius 2 is 2.03 bits per heavy atom. The highest BCUT2D eigenvalue weighted by Crippen LogP contribution is 2.35. The third kappa shape index (κ3) is 3.83. The van der Waals surface area contributed by atoms with Crippen molar-refractivity contribution in [3.63, 3.8) is 0 Å². The number of benzene rings is 2. The van der Waals surface area contributed by atoms with Crippen LogP contribution in [0.3, 0.4) is 0 Å². The Morgan fingerprint density at radius 1 is 1.24 bits per heavy atom. The van der Waals surface area contributed by atoms with Crippen LogP contribution >= 0.6 is 0 Å². The van der Waals surface area contributed by atoms with Crippen LogP contribution in [-0.2, 0) is 11.2 Å². The van der Waals surface area contributed by atoms with Gasteiger partial charge in [-0.25, -0.2) is 4.68 Å². The average Bonchev–Trinajstić information content (AvgIpc) is 3.12. The van der Waals surface area contributed by atoms with Gasteiger partial charge < -0.3 is 5.32 Å². The maximum atomic E-state index is 12.6. The number of carbonyl (C=O) groups is 1. The smallest absolute Gasteiger partial charge is 0.249 e. The first-order valence-electron chi connectivity index (χ1n) is 9.77. The van der Waals surface area contributed by atoms with Gasteiger partial charge in [-0.3, -0.25) is 4.79 Å². The number of amides is 1. The zero-order valence-electron chi connectivity index (χ0n) is 16.3. The quantitative estimate of drug-likeness (QED) is 0.668. The van der Waals surface area contributed by atoms with Crippen molar-refractivity contribution < 1.29 is 4.79 Å². The van der Waals surface area contributed by atoms with E-state index in [4.69, 9.17) is 0 Å². The monoisotopic (exact) mass is 382 g/mol. The normalized spacial score (nSPS) is 15.7. The summed E-state index contributed by atoms with van der Waals surface area (Å²) in [7, 11) is 0. The summed E-state index contributed by atoms with van der Waals surface area (Å²) in [5.74, 6) is 0.474. The maximum absolute atomic E-state index is 12.6. The van der Waals surface area contributed by atoms with Crippen molar-refractivity contribution in [2.24, 2.45) is 0 Å². The molecule has 5 nitrogen and oxygen atoms in total. The van der Waals surface area contributed by atoms with Crippen molar-refractivity contribution in [2.75, 3.05) is 5.32 Å². The van der Waals surface area contributed by atoms with E-state index in [0.29, 0.717) is 5.56 Å². The van der Waals surface area contributed by atoms with Gasteiger partial charge in [-0.05, 0) is 55.0 Å². The lowest BCUT2D eigenvalue weighted by Gasteiger charge is -2.27. The first-order chi connectivity index (χ1) is 14.2. The summed E-state index contributed by atoms with van der Waals surface area (Å²) >= 11 is 0. The van der Waals surface area contributed by atoms with Crippen LogP contribution in [0.4, 0.5) is 5.82 Å². The van der Waals surface area contributed by atoms with E-state index in [1.54, 1.807) is 24.4 Å². The number of nitriles is 1. The second-order valence-electron chi connectivity index (χ2n) is 7.25. The van der Waals surface area contributed by atoms with E-state index >= 15 is 0 Å². The molecule has 1 atom stereocenters. The molecule has 1 unspecified atom stereocenters. The number of anilines is 1. The predicted molar refractivity (Wildman–Crippen MR) is 113 cm³/mol. The molecule has 1 amide bonds. The summed E-state index contributed by atoms with van der Waals surface area (Å²) < 4.78 is 1.93. The number of fused-ring (bicyclic) bond motifs is 1. The average molecular weight is 382 g/mol. The van der Waals surface area contributed by atoms with Gasteiger partial charge in [-0.2, -0.15) is 10.4 Å². The number of aryl methyl sites for hydroxylation is 2. The summed E-state index contributed by atoms with van der Waals surface area (Å²) in [5.41, 5.74) is 4.80. The zero-order valence-corrected chi connectivity index (χ0v) is 16.3. The Labute approximate surface area is 170 Å². The van der Waals surface area contributed by atoms with E-state index in [2.05, 4.69) is 40.8 Å². The van der Waals surface area contributed by atoms with Crippen LogP contribution in [0.2, 0.25) is 0 Å². The molecule has 0 aliphatic heterocycles. The molecule has 29 heavy (non-hydrogen) atoms. The van der Waals surface area contributed by atoms with Gasteiger partial charge in [0.1, 0.15) is 5.82 Å². The lowest BCUT2D eigenvalue weighted by molar-refractivity contribution is -0.111. The summed E-state index contributed by atoms with van der Waals surface area (Å²) in [6.07, 6.45) is 8.09. The Bertz CT molecular complexity index is 1120. The van der Waals surface area contributed by atoms with E-state index in [9.17, 15) is 10.1 Å². The minimum atomic E-state index is -0.244. The molecule has 0 bridgehead atoms. The number of aromatic nitrogens is 2. The molecule has 0 spiro atoms. The second-order valence-corrected chi connectivity index (χ2v) is 7.25. The number of nitrogens with one attached hydrogen (secondary N) is 1. The highest BCUT2D eigenvalue weighted by atomic mass is 16.1. The van der Waals surface area contributed by atoms with Crippen LogP contribution < -0.4 is 5.32 Å². The standard InChI is InChI=1S/C24H22N4O/c1-17-16-26-28(22-12-6-10-19-8-4-5-11-21(19)22)24(17)27-23(29)14-13-18-7-2-3-9-20(18)15-25/h2-5,7-9,11,13-14,16,22H,6,10,12H2,1H3,(H,27,29)/b14-13+. The molecule has 1 aromatic heterocycles. The third-order valence-corrected chi connectivity index (χ3v) is 5.35. The topological polar surface area (TPSA) is 70.7 Å². The van der Waals surface area contributed by atoms with Crippen LogP contribution in [0, 0.1) is 18.3 Å². The van der Waals surface area contributed by atoms with Gasteiger partial charge in [-0.15, -0.1) is 0 Å². The number of nitrogens with zero attached hydrogens (tertiary/aromatic N) is 3. The van der Waals surface area contributed by atoms with Crippen molar-refractivity contribution in [1.82, 2.24) is 9.78 Å². The van der Waals surface area contributed by atoms with Crippen LogP contribution in [0.15, 0.2) is 60.8 Å². The van der Waals surface area contributed by atoms with Crippen molar-refractivity contribution in [3.8, 4) is 6.07 Å². The maximum Gasteiger partial charge on any atom is 0.249 e. The van der Waals surface area contributed by atoms with Crippen molar-refractivity contribution in [2.45, 2.75) is 32.2 Å². The van der Waals surface area contributed by atoms with E-state index in [0.717, 1.165) is 36.2 Å². The molecule has 4 rings (SSSR count). The molecule has 1 aliphatic rings. The van der Waals surface area contributed by atoms with Gasteiger partial charge in [0, 0.05) is 11.6 Å². The molecular formula is C24H22N4O. The largest absolute Gasteiger partial charge is 0.307 e. The first kappa shape index (κ1) is 18.7. The fourth-order valence-corrected chi connectivity index (χ4v) is 3.89. The Hall–Kier alpha value is -3.65. The fraction of sp³-hybridized carbons (Fsp3) is 0.208. The SMILES string of the molecule is Cc1cnn(C2CCCc3ccccc32)c1NC(=O)/C=C/c1ccccc1C#N. The molecule has 144 valence electrons. The van der Waals surface area contributed by atoms with E-state index in [1.165, 1.54) is 17.2 Å². The Morgan fingerprint density at radius 3 is 2.90 bits per heavy atom. The number of hydrogen-bond acceptors (Lipinski definition) is 3. The summed E-state index contributed by atoms with van der Waals surface area (Å²) in [5, 5.41) is 16.8. The van der Waals surface area contributed by atoms with Crippen molar-refractivity contribution >= 4 is 17.8 Å². The van der Waals surface area contributed by atoms with Gasteiger partial charge >= 0.3 is 0 Å². The molecular weight excluding hydrogens is 360 g/mol. The molecule has 1 heterocycles. The molecule has 0 radical (unpaired) electrons. The van der Waals surface area contributed by atoms with E-state index in [1.807, 2.05) is 23.7 Å². The first-order valence-corrected chi connectivity index (χ1v) is 9.77. The Kier molecular flexibility index (Phi) is 5.26. The van der Waals surface area contributed by atoms with Gasteiger partial charge in [0.05, 0.1) is 23.9 Å². The molecule has 1 N–H and O–H groups in total. The molecule has 2 aromatic carbocycles. The molecule has 0 saturated heterocycles. The number of carbonyl (C=O) groups excluding carboxylic acids is 1. The van der Waals surface area contributed by atoms with Crippen LogP contribution in [-0.4, -0.2) is 15.7 Å². The van der Waals surface area contributed by atoms with Gasteiger partial charge in [0.25, 0.3) is 0 Å². The lowest BCUT2D eigenvalue weighted by Crippen LogP contribution is -2.22. The molecule has 0 saturated carbocycles. The summed E-state index contributed by atoms with van der Waals surface area (Å²) in [4.78, 5) is 12.6. The zero-order chi connectivity index (χ0) is 20.2. The predicted octanol–water partition coefficient (Wildman–Crippen LogP) is 4.64. The summed E-state index contributed by atoms with van der Waals surface area (Å²) in [6.45, 7) is 1.95. The second kappa shape index (κ2) is 8.15. The van der Waals surface area contributed by atoms with Crippen molar-refractivity contribution in [3.05, 3.63) is 88.6 Å². The number of hydrogen-bond donors (Lipinski definition) is 1. The van der Waals surface area contributed by atoms with Crippen LogP contribution in [0.25, 0.3) is 6.08 Å². The minimum Gasteiger partial charge on any atom is -0.307 e. The van der Waals surface area contributed by atoms with Crippen molar-refractivity contribution in [1.29, 1.82) is 5.26 Å². The molecule has 5 heteroatoms. The van der Waals surface area contributed by atoms with Crippen LogP contribution in [0.5, 0.6) is 0 Å². The van der Waals surface area contributed by atoms with E-state index < -0.39 is 0 Å². The third-order valence-electron chi connectivity index (χ3n) is 5.35. The summed E-state index contributed by atoms with van der Waals surface area (Å²) in [6, 6.07) is 17.9. The fourth-order valence-electron chi connectivity index (χ4n) is 3.89. The minimum absolute atomic E-state index is 0.118. The molecule has 3 aromatic rings. The lowest BCUT2D eigenvalue weighted by atomic mass is 9.88. The molecule has 0 fully saturated rings. The van der Waals surface area contributed by atoms with Crippen LogP contribution in [0.1, 0.15) is 46.7 Å². The van der Waals surface area contributed by atoms with Gasteiger partial charge in [-0.1, -0.05) is 42.5 Å². The number of rotatable bonds is 4. The Balaban J connectivity index is 1.58. The highest BCUT2D eigenvalue weighted by molar-refractivity contribution is 6.02. The highest BCUT2D eigenvalue weighted by Gasteiger charge is 2.25.